The molecule has 3 aromatic heterocycles. The first-order valence-corrected chi connectivity index (χ1v) is 22.6. The molecule has 0 aliphatic rings. The maximum atomic E-state index is 6.97. The second-order valence-corrected chi connectivity index (χ2v) is 17.0. The van der Waals surface area contributed by atoms with Gasteiger partial charge in [-0.1, -0.05) is 182 Å². The average Bonchev–Trinajstić information content (AvgIpc) is 4.13. The Kier molecular flexibility index (Phi) is 9.10. The van der Waals surface area contributed by atoms with Crippen molar-refractivity contribution < 1.29 is 4.42 Å². The van der Waals surface area contributed by atoms with E-state index in [1.165, 1.54) is 0 Å². The van der Waals surface area contributed by atoms with Crippen LogP contribution in [0.5, 0.6) is 0 Å². The van der Waals surface area contributed by atoms with Crippen molar-refractivity contribution in [3.8, 4) is 78.8 Å². The minimum atomic E-state index is 0.448. The van der Waals surface area contributed by atoms with Crippen molar-refractivity contribution in [2.45, 2.75) is 0 Å². The van der Waals surface area contributed by atoms with E-state index in [-0.39, 0.29) is 0 Å². The van der Waals surface area contributed by atoms with E-state index in [1.807, 2.05) is 0 Å². The Labute approximate surface area is 387 Å². The number of aromatic nitrogens is 4. The van der Waals surface area contributed by atoms with E-state index in [9.17, 15) is 0 Å². The summed E-state index contributed by atoms with van der Waals surface area (Å²) in [6.07, 6.45) is 0. The highest BCUT2D eigenvalue weighted by Crippen LogP contribution is 2.43. The zero-order chi connectivity index (χ0) is 44.3. The molecule has 0 atom stereocenters. The molecule has 13 rings (SSSR count). The maximum absolute atomic E-state index is 6.97. The highest BCUT2D eigenvalue weighted by molar-refractivity contribution is 6.15. The first-order chi connectivity index (χ1) is 33.2. The van der Waals surface area contributed by atoms with Crippen LogP contribution in [0.1, 0.15) is 0 Å². The van der Waals surface area contributed by atoms with Crippen molar-refractivity contribution in [2.24, 2.45) is 0 Å². The fraction of sp³-hybridized carbons (Fsp3) is 0. The van der Waals surface area contributed by atoms with E-state index in [1.54, 1.807) is 0 Å². The molecule has 0 amide bonds. The molecular weight excluding hydrogens is 817 g/mol. The third kappa shape index (κ3) is 6.55. The first kappa shape index (κ1) is 38.4. The van der Waals surface area contributed by atoms with Crippen molar-refractivity contribution in [3.63, 3.8) is 0 Å². The smallest absolute Gasteiger partial charge is 0.250 e. The van der Waals surface area contributed by atoms with Crippen LogP contribution in [-0.4, -0.2) is 19.3 Å². The Balaban J connectivity index is 1.02. The minimum Gasteiger partial charge on any atom is -0.416 e. The molecule has 3 heterocycles. The molecule has 0 radical (unpaired) electrons. The highest BCUT2D eigenvalue weighted by Gasteiger charge is 2.24. The quantitative estimate of drug-likeness (QED) is 0.153. The SMILES string of the molecule is c1ccc(-c2cc(-c3ccccc3)cc(-n3c4ccccc4c4cccc(-c5nnc(-c6cccc7c8ccccc8n(-c8cc(-c9ccccc9)cc(-c9ccccc9)c8)c67)o5)c43)c2)cc1. The molecule has 314 valence electrons. The number of fused-ring (bicyclic) bond motifs is 6. The van der Waals surface area contributed by atoms with E-state index in [0.29, 0.717) is 11.8 Å². The molecule has 5 nitrogen and oxygen atoms in total. The molecule has 0 N–H and O–H groups in total. The number of benzene rings is 10. The fourth-order valence-electron chi connectivity index (χ4n) is 10.0. The number of hydrogen-bond acceptors (Lipinski definition) is 3. The lowest BCUT2D eigenvalue weighted by molar-refractivity contribution is 0.585. The predicted octanol–water partition coefficient (Wildman–Crippen LogP) is 16.3. The Morgan fingerprint density at radius 3 is 0.940 bits per heavy atom. The lowest BCUT2D eigenvalue weighted by Gasteiger charge is -2.15. The van der Waals surface area contributed by atoms with Crippen LogP contribution >= 0.6 is 0 Å². The van der Waals surface area contributed by atoms with E-state index < -0.39 is 0 Å². The molecule has 67 heavy (non-hydrogen) atoms. The molecular formula is C62H40N4O. The van der Waals surface area contributed by atoms with Crippen molar-refractivity contribution in [1.82, 2.24) is 19.3 Å². The summed E-state index contributed by atoms with van der Waals surface area (Å²) in [6, 6.07) is 86.2. The summed E-state index contributed by atoms with van der Waals surface area (Å²) in [5, 5.41) is 14.3. The molecule has 0 saturated heterocycles. The molecule has 13 aromatic rings. The normalized spacial score (nSPS) is 11.6. The van der Waals surface area contributed by atoms with Gasteiger partial charge in [0, 0.05) is 32.9 Å². The first-order valence-electron chi connectivity index (χ1n) is 22.6. The lowest BCUT2D eigenvalue weighted by Crippen LogP contribution is -1.97. The largest absolute Gasteiger partial charge is 0.416 e. The van der Waals surface area contributed by atoms with Crippen LogP contribution in [0.4, 0.5) is 0 Å². The van der Waals surface area contributed by atoms with Crippen molar-refractivity contribution in [2.75, 3.05) is 0 Å². The minimum absolute atomic E-state index is 0.448. The van der Waals surface area contributed by atoms with Crippen molar-refractivity contribution in [1.29, 1.82) is 0 Å². The van der Waals surface area contributed by atoms with Gasteiger partial charge in [0.1, 0.15) is 0 Å². The molecule has 0 bridgehead atoms. The number of nitrogens with zero attached hydrogens (tertiary/aromatic N) is 4. The summed E-state index contributed by atoms with van der Waals surface area (Å²) >= 11 is 0. The van der Waals surface area contributed by atoms with Gasteiger partial charge in [-0.25, -0.2) is 0 Å². The van der Waals surface area contributed by atoms with Crippen LogP contribution < -0.4 is 0 Å². The Morgan fingerprint density at radius 1 is 0.269 bits per heavy atom. The van der Waals surface area contributed by atoms with Crippen LogP contribution in [0.15, 0.2) is 247 Å². The molecule has 0 unspecified atom stereocenters. The predicted molar refractivity (Wildman–Crippen MR) is 276 cm³/mol. The summed E-state index contributed by atoms with van der Waals surface area (Å²) in [6.45, 7) is 0. The molecule has 5 heteroatoms. The fourth-order valence-corrected chi connectivity index (χ4v) is 10.0. The van der Waals surface area contributed by atoms with Crippen molar-refractivity contribution in [3.05, 3.63) is 243 Å². The summed E-state index contributed by atoms with van der Waals surface area (Å²) in [5.41, 5.74) is 17.1. The van der Waals surface area contributed by atoms with Gasteiger partial charge in [-0.05, 0) is 105 Å². The van der Waals surface area contributed by atoms with Gasteiger partial charge in [-0.3, -0.25) is 0 Å². The van der Waals surface area contributed by atoms with Crippen LogP contribution in [0.25, 0.3) is 122 Å². The third-order valence-corrected chi connectivity index (χ3v) is 13.1. The zero-order valence-electron chi connectivity index (χ0n) is 36.3. The van der Waals surface area contributed by atoms with Gasteiger partial charge < -0.3 is 13.6 Å². The van der Waals surface area contributed by atoms with E-state index >= 15 is 0 Å². The topological polar surface area (TPSA) is 48.8 Å². The van der Waals surface area contributed by atoms with E-state index in [0.717, 1.165) is 111 Å². The standard InChI is InChI=1S/C62H40N4O/c1-5-19-41(20-6-1)45-35-46(42-21-7-2-8-22-42)38-49(37-45)65-57-33-15-13-27-51(57)53-29-17-31-55(59(53)65)61-63-64-62(67-61)56-32-18-30-54-52-28-14-16-34-58(52)66(60(54)56)50-39-47(43-23-9-3-10-24-43)36-48(40-50)44-25-11-4-12-26-44/h1-40H. The van der Waals surface area contributed by atoms with Gasteiger partial charge >= 0.3 is 0 Å². The maximum Gasteiger partial charge on any atom is 0.250 e. The summed E-state index contributed by atoms with van der Waals surface area (Å²) in [4.78, 5) is 0. The van der Waals surface area contributed by atoms with Crippen LogP contribution in [0, 0.1) is 0 Å². The van der Waals surface area contributed by atoms with Crippen LogP contribution in [0.2, 0.25) is 0 Å². The molecule has 10 aromatic carbocycles. The molecule has 0 spiro atoms. The van der Waals surface area contributed by atoms with Gasteiger partial charge in [0.05, 0.1) is 33.2 Å². The van der Waals surface area contributed by atoms with Gasteiger partial charge in [0.25, 0.3) is 0 Å². The Morgan fingerprint density at radius 2 is 0.582 bits per heavy atom. The Bertz CT molecular complexity index is 3590. The monoisotopic (exact) mass is 856 g/mol. The van der Waals surface area contributed by atoms with Gasteiger partial charge in [-0.15, -0.1) is 10.2 Å². The summed E-state index contributed by atoms with van der Waals surface area (Å²) in [5.74, 6) is 0.897. The van der Waals surface area contributed by atoms with Gasteiger partial charge in [0.15, 0.2) is 0 Å². The molecule has 0 aliphatic heterocycles. The van der Waals surface area contributed by atoms with Gasteiger partial charge in [-0.2, -0.15) is 0 Å². The molecule has 0 fully saturated rings. The summed E-state index contributed by atoms with van der Waals surface area (Å²) < 4.78 is 11.7. The van der Waals surface area contributed by atoms with E-state index in [4.69, 9.17) is 14.6 Å². The van der Waals surface area contributed by atoms with E-state index in [2.05, 4.69) is 252 Å². The van der Waals surface area contributed by atoms with Crippen LogP contribution in [-0.2, 0) is 0 Å². The number of hydrogen-bond donors (Lipinski definition) is 0. The second kappa shape index (κ2) is 15.9. The number of rotatable bonds is 8. The zero-order valence-corrected chi connectivity index (χ0v) is 36.3. The van der Waals surface area contributed by atoms with Crippen LogP contribution in [0.3, 0.4) is 0 Å². The molecule has 0 saturated carbocycles. The Hall–Kier alpha value is -9.06. The average molecular weight is 857 g/mol. The summed E-state index contributed by atoms with van der Waals surface area (Å²) in [7, 11) is 0. The van der Waals surface area contributed by atoms with Gasteiger partial charge in [0.2, 0.25) is 11.8 Å². The van der Waals surface area contributed by atoms with Crippen molar-refractivity contribution >= 4 is 43.6 Å². The lowest BCUT2D eigenvalue weighted by atomic mass is 9.98. The molecule has 0 aliphatic carbocycles. The second-order valence-electron chi connectivity index (χ2n) is 17.0. The number of para-hydroxylation sites is 4. The highest BCUT2D eigenvalue weighted by atomic mass is 16.4. The third-order valence-electron chi connectivity index (χ3n) is 13.1.